The van der Waals surface area contributed by atoms with Crippen molar-refractivity contribution in [1.29, 1.82) is 0 Å². The van der Waals surface area contributed by atoms with E-state index in [1.165, 1.54) is 6.26 Å². The van der Waals surface area contributed by atoms with Crippen molar-refractivity contribution in [2.24, 2.45) is 5.84 Å². The van der Waals surface area contributed by atoms with Gasteiger partial charge in [-0.05, 0) is 23.6 Å². The number of hydrazine groups is 1. The van der Waals surface area contributed by atoms with E-state index in [2.05, 4.69) is 5.43 Å². The number of nitrogens with two attached hydrogens (primary N) is 1. The molecule has 0 aliphatic carbocycles. The molecule has 21 heavy (non-hydrogen) atoms. The van der Waals surface area contributed by atoms with E-state index >= 15 is 0 Å². The van der Waals surface area contributed by atoms with Crippen molar-refractivity contribution in [1.82, 2.24) is 5.43 Å². The molecule has 2 atom stereocenters. The fourth-order valence-corrected chi connectivity index (χ4v) is 2.99. The highest BCUT2D eigenvalue weighted by Gasteiger charge is 2.26. The SMILES string of the molecule is CC(C(NN)c1ccc(-c2ccccc2)cc1)S(C)(=O)=O. The number of benzene rings is 2. The Balaban J connectivity index is 2.29. The Morgan fingerprint density at radius 2 is 1.48 bits per heavy atom. The molecule has 112 valence electrons. The van der Waals surface area contributed by atoms with Crippen molar-refractivity contribution in [3.63, 3.8) is 0 Å². The van der Waals surface area contributed by atoms with Gasteiger partial charge in [0.25, 0.3) is 0 Å². The van der Waals surface area contributed by atoms with Crippen LogP contribution in [0.15, 0.2) is 54.6 Å². The van der Waals surface area contributed by atoms with Crippen LogP contribution in [0.2, 0.25) is 0 Å². The van der Waals surface area contributed by atoms with Gasteiger partial charge in [0, 0.05) is 6.26 Å². The minimum atomic E-state index is -3.17. The van der Waals surface area contributed by atoms with E-state index in [1.807, 2.05) is 54.6 Å². The zero-order chi connectivity index (χ0) is 15.5. The molecule has 0 bridgehead atoms. The number of rotatable bonds is 5. The van der Waals surface area contributed by atoms with Crippen LogP contribution in [0, 0.1) is 0 Å². The summed E-state index contributed by atoms with van der Waals surface area (Å²) in [4.78, 5) is 0. The van der Waals surface area contributed by atoms with Crippen LogP contribution in [0.1, 0.15) is 18.5 Å². The molecule has 0 saturated heterocycles. The molecule has 2 aromatic carbocycles. The van der Waals surface area contributed by atoms with Crippen LogP contribution in [0.5, 0.6) is 0 Å². The summed E-state index contributed by atoms with van der Waals surface area (Å²) in [6.07, 6.45) is 1.22. The lowest BCUT2D eigenvalue weighted by Crippen LogP contribution is -2.38. The van der Waals surface area contributed by atoms with Crippen molar-refractivity contribution in [3.8, 4) is 11.1 Å². The van der Waals surface area contributed by atoms with Gasteiger partial charge in [0.2, 0.25) is 0 Å². The van der Waals surface area contributed by atoms with Crippen molar-refractivity contribution in [2.45, 2.75) is 18.2 Å². The lowest BCUT2D eigenvalue weighted by atomic mass is 10.00. The van der Waals surface area contributed by atoms with E-state index in [0.717, 1.165) is 16.7 Å². The lowest BCUT2D eigenvalue weighted by Gasteiger charge is -2.22. The molecule has 5 heteroatoms. The maximum absolute atomic E-state index is 11.7. The monoisotopic (exact) mass is 304 g/mol. The molecule has 4 nitrogen and oxygen atoms in total. The Morgan fingerprint density at radius 3 is 1.95 bits per heavy atom. The summed E-state index contributed by atoms with van der Waals surface area (Å²) in [5.74, 6) is 5.54. The molecule has 0 spiro atoms. The average Bonchev–Trinajstić information content (AvgIpc) is 2.48. The van der Waals surface area contributed by atoms with Gasteiger partial charge in [0.05, 0.1) is 11.3 Å². The quantitative estimate of drug-likeness (QED) is 0.656. The second-order valence-corrected chi connectivity index (χ2v) is 7.57. The Bertz CT molecular complexity index is 682. The number of nitrogens with one attached hydrogen (secondary N) is 1. The average molecular weight is 304 g/mol. The van der Waals surface area contributed by atoms with E-state index < -0.39 is 21.1 Å². The second-order valence-electron chi connectivity index (χ2n) is 5.17. The smallest absolute Gasteiger partial charge is 0.151 e. The summed E-state index contributed by atoms with van der Waals surface area (Å²) < 4.78 is 23.4. The van der Waals surface area contributed by atoms with Gasteiger partial charge in [-0.25, -0.2) is 8.42 Å². The van der Waals surface area contributed by atoms with E-state index in [1.54, 1.807) is 6.92 Å². The molecule has 0 aliphatic rings. The van der Waals surface area contributed by atoms with E-state index in [9.17, 15) is 8.42 Å². The second kappa shape index (κ2) is 6.39. The minimum absolute atomic E-state index is 0.426. The Hall–Kier alpha value is -1.69. The van der Waals surface area contributed by atoms with E-state index in [-0.39, 0.29) is 0 Å². The van der Waals surface area contributed by atoms with Crippen molar-refractivity contribution >= 4 is 9.84 Å². The fourth-order valence-electron chi connectivity index (χ4n) is 2.26. The van der Waals surface area contributed by atoms with Gasteiger partial charge >= 0.3 is 0 Å². The topological polar surface area (TPSA) is 72.2 Å². The zero-order valence-electron chi connectivity index (χ0n) is 12.2. The van der Waals surface area contributed by atoms with Crippen LogP contribution in [0.25, 0.3) is 11.1 Å². The van der Waals surface area contributed by atoms with Crippen LogP contribution in [-0.4, -0.2) is 19.9 Å². The summed E-state index contributed by atoms with van der Waals surface area (Å²) in [5.41, 5.74) is 5.67. The van der Waals surface area contributed by atoms with Gasteiger partial charge < -0.3 is 0 Å². The van der Waals surface area contributed by atoms with Crippen LogP contribution in [0.4, 0.5) is 0 Å². The fraction of sp³-hybridized carbons (Fsp3) is 0.250. The first kappa shape index (κ1) is 15.7. The van der Waals surface area contributed by atoms with E-state index in [0.29, 0.717) is 0 Å². The molecule has 0 aliphatic heterocycles. The van der Waals surface area contributed by atoms with Gasteiger partial charge in [-0.3, -0.25) is 11.3 Å². The molecule has 0 heterocycles. The van der Waals surface area contributed by atoms with Gasteiger partial charge in [-0.15, -0.1) is 0 Å². The standard InChI is InChI=1S/C16H20N2O2S/c1-12(21(2,19)20)16(18-17)15-10-8-14(9-11-15)13-6-4-3-5-7-13/h3-12,16,18H,17H2,1-2H3. The van der Waals surface area contributed by atoms with Crippen molar-refractivity contribution in [3.05, 3.63) is 60.2 Å². The molecule has 0 amide bonds. The number of hydrogen-bond acceptors (Lipinski definition) is 4. The summed E-state index contributed by atoms with van der Waals surface area (Å²) in [6.45, 7) is 1.66. The maximum Gasteiger partial charge on any atom is 0.151 e. The Kier molecular flexibility index (Phi) is 4.77. The molecular formula is C16H20N2O2S. The van der Waals surface area contributed by atoms with Gasteiger partial charge in [-0.2, -0.15) is 0 Å². The highest BCUT2D eigenvalue weighted by Crippen LogP contribution is 2.25. The normalized spacial score (nSPS) is 14.6. The lowest BCUT2D eigenvalue weighted by molar-refractivity contribution is 0.513. The number of hydrogen-bond donors (Lipinski definition) is 2. The third-order valence-corrected chi connectivity index (χ3v) is 5.32. The molecule has 2 rings (SSSR count). The van der Waals surface area contributed by atoms with Crippen molar-refractivity contribution < 1.29 is 8.42 Å². The maximum atomic E-state index is 11.7. The predicted octanol–water partition coefficient (Wildman–Crippen LogP) is 2.29. The molecule has 3 N–H and O–H groups in total. The minimum Gasteiger partial charge on any atom is -0.271 e. The Morgan fingerprint density at radius 1 is 0.952 bits per heavy atom. The van der Waals surface area contributed by atoms with Crippen LogP contribution in [0.3, 0.4) is 0 Å². The molecule has 0 fully saturated rings. The largest absolute Gasteiger partial charge is 0.271 e. The highest BCUT2D eigenvalue weighted by molar-refractivity contribution is 7.91. The first-order valence-electron chi connectivity index (χ1n) is 6.74. The summed E-state index contributed by atoms with van der Waals surface area (Å²) in [7, 11) is -3.17. The summed E-state index contributed by atoms with van der Waals surface area (Å²) in [5, 5.41) is -0.593. The summed E-state index contributed by atoms with van der Waals surface area (Å²) >= 11 is 0. The molecule has 0 aromatic heterocycles. The van der Waals surface area contributed by atoms with Gasteiger partial charge in [0.1, 0.15) is 0 Å². The first-order chi connectivity index (χ1) is 9.93. The summed E-state index contributed by atoms with van der Waals surface area (Å²) in [6, 6.07) is 17.4. The third kappa shape index (κ3) is 3.69. The highest BCUT2D eigenvalue weighted by atomic mass is 32.2. The van der Waals surface area contributed by atoms with Crippen LogP contribution in [-0.2, 0) is 9.84 Å². The molecule has 0 saturated carbocycles. The number of sulfone groups is 1. The molecule has 2 unspecified atom stereocenters. The van der Waals surface area contributed by atoms with Gasteiger partial charge in [-0.1, -0.05) is 54.6 Å². The zero-order valence-corrected chi connectivity index (χ0v) is 13.0. The van der Waals surface area contributed by atoms with Gasteiger partial charge in [0.15, 0.2) is 9.84 Å². The molecular weight excluding hydrogens is 284 g/mol. The molecule has 2 aromatic rings. The van der Waals surface area contributed by atoms with Crippen LogP contribution < -0.4 is 11.3 Å². The molecule has 0 radical (unpaired) electrons. The van der Waals surface area contributed by atoms with Crippen LogP contribution >= 0.6 is 0 Å². The Labute approximate surface area is 125 Å². The van der Waals surface area contributed by atoms with Crippen molar-refractivity contribution in [2.75, 3.05) is 6.26 Å². The predicted molar refractivity (Wildman–Crippen MR) is 86.2 cm³/mol. The first-order valence-corrected chi connectivity index (χ1v) is 8.69. The third-order valence-electron chi connectivity index (χ3n) is 3.70. The van der Waals surface area contributed by atoms with E-state index in [4.69, 9.17) is 5.84 Å².